The zero-order valence-electron chi connectivity index (χ0n) is 15.9. The number of hydrogen-bond donors (Lipinski definition) is 1. The Bertz CT molecular complexity index is 945. The van der Waals surface area contributed by atoms with Gasteiger partial charge in [0.1, 0.15) is 12.6 Å². The van der Waals surface area contributed by atoms with Crippen LogP contribution in [0, 0.1) is 0 Å². The van der Waals surface area contributed by atoms with Crippen LogP contribution < -0.4 is 4.90 Å². The third kappa shape index (κ3) is 3.81. The minimum absolute atomic E-state index is 0.0435. The average Bonchev–Trinajstić information content (AvgIpc) is 3.13. The van der Waals surface area contributed by atoms with E-state index < -0.39 is 0 Å². The quantitative estimate of drug-likeness (QED) is 0.698. The molecule has 0 radical (unpaired) electrons. The van der Waals surface area contributed by atoms with Crippen molar-refractivity contribution in [3.63, 3.8) is 0 Å². The molecule has 0 bridgehead atoms. The van der Waals surface area contributed by atoms with Crippen LogP contribution in [-0.2, 0) is 11.3 Å². The van der Waals surface area contributed by atoms with Crippen molar-refractivity contribution < 1.29 is 9.84 Å². The van der Waals surface area contributed by atoms with Crippen molar-refractivity contribution in [2.75, 3.05) is 38.7 Å². The van der Waals surface area contributed by atoms with Gasteiger partial charge in [-0.15, -0.1) is 0 Å². The number of hydrogen-bond acceptors (Lipinski definition) is 7. The number of aromatic nitrogens is 4. The van der Waals surface area contributed by atoms with Crippen molar-refractivity contribution in [3.05, 3.63) is 47.5 Å². The standard InChI is InChI=1S/C19H23ClN6O2/c1-24(2)18-17-19(22-11-21-18)26(12-23-17)16-9-25(8-15(10-27)28-16)7-13-3-5-14(20)6-4-13/h3-6,11-12,15-16,27H,7-10H2,1-2H3/t15-,16+/m0/s1. The molecule has 3 heterocycles. The van der Waals surface area contributed by atoms with E-state index in [0.717, 1.165) is 28.5 Å². The monoisotopic (exact) mass is 402 g/mol. The molecule has 0 unspecified atom stereocenters. The van der Waals surface area contributed by atoms with Gasteiger partial charge in [-0.25, -0.2) is 15.0 Å². The lowest BCUT2D eigenvalue weighted by molar-refractivity contribution is -0.135. The zero-order chi connectivity index (χ0) is 19.7. The molecular weight excluding hydrogens is 380 g/mol. The summed E-state index contributed by atoms with van der Waals surface area (Å²) < 4.78 is 8.03. The second-order valence-corrected chi connectivity index (χ2v) is 7.57. The predicted molar refractivity (Wildman–Crippen MR) is 107 cm³/mol. The van der Waals surface area contributed by atoms with Gasteiger partial charge in [-0.1, -0.05) is 23.7 Å². The molecule has 1 aliphatic heterocycles. The Morgan fingerprint density at radius 3 is 2.68 bits per heavy atom. The van der Waals surface area contributed by atoms with E-state index in [1.807, 2.05) is 47.8 Å². The minimum atomic E-state index is -0.298. The number of anilines is 1. The van der Waals surface area contributed by atoms with Crippen LogP contribution in [0.1, 0.15) is 11.8 Å². The number of morpholine rings is 1. The number of aliphatic hydroxyl groups is 1. The number of fused-ring (bicyclic) bond motifs is 1. The largest absolute Gasteiger partial charge is 0.394 e. The fourth-order valence-electron chi connectivity index (χ4n) is 3.50. The van der Waals surface area contributed by atoms with Crippen molar-refractivity contribution in [2.45, 2.75) is 18.9 Å². The molecule has 148 valence electrons. The molecule has 1 saturated heterocycles. The van der Waals surface area contributed by atoms with Gasteiger partial charge in [0.05, 0.1) is 19.0 Å². The van der Waals surface area contributed by atoms with Crippen LogP contribution in [0.2, 0.25) is 5.02 Å². The highest BCUT2D eigenvalue weighted by molar-refractivity contribution is 6.30. The Hall–Kier alpha value is -2.26. The highest BCUT2D eigenvalue weighted by Gasteiger charge is 2.30. The van der Waals surface area contributed by atoms with E-state index in [0.29, 0.717) is 18.7 Å². The van der Waals surface area contributed by atoms with Gasteiger partial charge in [0.15, 0.2) is 17.0 Å². The molecule has 4 rings (SSSR count). The second kappa shape index (κ2) is 8.00. The van der Waals surface area contributed by atoms with Crippen LogP contribution in [0.15, 0.2) is 36.9 Å². The number of imidazole rings is 1. The molecule has 28 heavy (non-hydrogen) atoms. The summed E-state index contributed by atoms with van der Waals surface area (Å²) in [5.41, 5.74) is 2.61. The van der Waals surface area contributed by atoms with E-state index in [1.165, 1.54) is 6.33 Å². The van der Waals surface area contributed by atoms with E-state index >= 15 is 0 Å². The molecule has 0 amide bonds. The van der Waals surface area contributed by atoms with Crippen molar-refractivity contribution in [1.82, 2.24) is 24.4 Å². The molecule has 3 aromatic rings. The van der Waals surface area contributed by atoms with Gasteiger partial charge in [-0.2, -0.15) is 0 Å². The molecule has 0 aliphatic carbocycles. The molecule has 2 atom stereocenters. The number of halogens is 1. The molecule has 8 nitrogen and oxygen atoms in total. The molecule has 0 spiro atoms. The topological polar surface area (TPSA) is 79.5 Å². The van der Waals surface area contributed by atoms with Crippen molar-refractivity contribution in [3.8, 4) is 0 Å². The number of ether oxygens (including phenoxy) is 1. The zero-order valence-corrected chi connectivity index (χ0v) is 16.6. The average molecular weight is 403 g/mol. The lowest BCUT2D eigenvalue weighted by Gasteiger charge is -2.38. The summed E-state index contributed by atoms with van der Waals surface area (Å²) >= 11 is 5.99. The van der Waals surface area contributed by atoms with Crippen LogP contribution in [0.25, 0.3) is 11.2 Å². The van der Waals surface area contributed by atoms with Gasteiger partial charge in [0.25, 0.3) is 0 Å². The first-order valence-electron chi connectivity index (χ1n) is 9.13. The maximum absolute atomic E-state index is 9.73. The molecule has 0 saturated carbocycles. The SMILES string of the molecule is CN(C)c1ncnc2c1ncn2[C@H]1CN(Cc2ccc(Cl)cc2)C[C@@H](CO)O1. The maximum Gasteiger partial charge on any atom is 0.167 e. The Balaban J connectivity index is 1.61. The molecule has 1 aromatic carbocycles. The normalized spacial score (nSPS) is 20.6. The van der Waals surface area contributed by atoms with Crippen LogP contribution in [0.5, 0.6) is 0 Å². The first kappa shape index (κ1) is 19.1. The summed E-state index contributed by atoms with van der Waals surface area (Å²) in [5, 5.41) is 10.5. The maximum atomic E-state index is 9.73. The fraction of sp³-hybridized carbons (Fsp3) is 0.421. The Morgan fingerprint density at radius 2 is 1.96 bits per heavy atom. The van der Waals surface area contributed by atoms with Gasteiger partial charge < -0.3 is 14.7 Å². The minimum Gasteiger partial charge on any atom is -0.394 e. The molecule has 2 aromatic heterocycles. The smallest absolute Gasteiger partial charge is 0.167 e. The number of nitrogens with zero attached hydrogens (tertiary/aromatic N) is 6. The van der Waals surface area contributed by atoms with E-state index in [9.17, 15) is 5.11 Å². The first-order chi connectivity index (χ1) is 13.5. The van der Waals surface area contributed by atoms with Crippen molar-refractivity contribution >= 4 is 28.6 Å². The third-order valence-electron chi connectivity index (χ3n) is 4.82. The van der Waals surface area contributed by atoms with Gasteiger partial charge in [-0.3, -0.25) is 9.47 Å². The second-order valence-electron chi connectivity index (χ2n) is 7.13. The fourth-order valence-corrected chi connectivity index (χ4v) is 3.63. The Morgan fingerprint density at radius 1 is 1.18 bits per heavy atom. The summed E-state index contributed by atoms with van der Waals surface area (Å²) in [6.07, 6.45) is 2.69. The molecule has 1 fully saturated rings. The molecule has 1 aliphatic rings. The summed E-state index contributed by atoms with van der Waals surface area (Å²) in [6.45, 7) is 2.02. The van der Waals surface area contributed by atoms with Gasteiger partial charge >= 0.3 is 0 Å². The summed E-state index contributed by atoms with van der Waals surface area (Å²) in [4.78, 5) is 17.4. The van der Waals surface area contributed by atoms with Gasteiger partial charge in [0, 0.05) is 38.8 Å². The highest BCUT2D eigenvalue weighted by Crippen LogP contribution is 2.27. The Kier molecular flexibility index (Phi) is 5.45. The van der Waals surface area contributed by atoms with Crippen molar-refractivity contribution in [1.29, 1.82) is 0 Å². The molecular formula is C19H23ClN6O2. The van der Waals surface area contributed by atoms with E-state index in [4.69, 9.17) is 16.3 Å². The van der Waals surface area contributed by atoms with Crippen LogP contribution in [0.4, 0.5) is 5.82 Å². The van der Waals surface area contributed by atoms with Crippen LogP contribution in [-0.4, -0.2) is 69.4 Å². The van der Waals surface area contributed by atoms with E-state index in [1.54, 1.807) is 6.33 Å². The first-order valence-corrected chi connectivity index (χ1v) is 9.51. The number of rotatable bonds is 5. The summed E-state index contributed by atoms with van der Waals surface area (Å²) in [6, 6.07) is 7.82. The van der Waals surface area contributed by atoms with E-state index in [-0.39, 0.29) is 18.9 Å². The van der Waals surface area contributed by atoms with Crippen molar-refractivity contribution in [2.24, 2.45) is 0 Å². The lowest BCUT2D eigenvalue weighted by Crippen LogP contribution is -2.46. The molecule has 9 heteroatoms. The van der Waals surface area contributed by atoms with Gasteiger partial charge in [0.2, 0.25) is 0 Å². The van der Waals surface area contributed by atoms with Crippen LogP contribution >= 0.6 is 11.6 Å². The molecule has 1 N–H and O–H groups in total. The van der Waals surface area contributed by atoms with E-state index in [2.05, 4.69) is 19.9 Å². The number of aliphatic hydroxyl groups excluding tert-OH is 1. The third-order valence-corrected chi connectivity index (χ3v) is 5.07. The Labute approximate surface area is 168 Å². The summed E-state index contributed by atoms with van der Waals surface area (Å²) in [7, 11) is 3.85. The highest BCUT2D eigenvalue weighted by atomic mass is 35.5. The number of benzene rings is 1. The summed E-state index contributed by atoms with van der Waals surface area (Å²) in [5.74, 6) is 0.760. The lowest BCUT2D eigenvalue weighted by atomic mass is 10.2. The van der Waals surface area contributed by atoms with Crippen LogP contribution in [0.3, 0.4) is 0 Å². The van der Waals surface area contributed by atoms with Gasteiger partial charge in [-0.05, 0) is 17.7 Å². The predicted octanol–water partition coefficient (Wildman–Crippen LogP) is 1.94.